The van der Waals surface area contributed by atoms with Crippen LogP contribution in [0.1, 0.15) is 40.0 Å². The molecule has 1 aliphatic heterocycles. The fourth-order valence-corrected chi connectivity index (χ4v) is 2.63. The topological polar surface area (TPSA) is 29.5 Å². The number of carbonyl (C=O) groups is 1. The van der Waals surface area contributed by atoms with Crippen LogP contribution in [-0.4, -0.2) is 40.7 Å². The predicted molar refractivity (Wildman–Crippen MR) is 73.9 cm³/mol. The van der Waals surface area contributed by atoms with Gasteiger partial charge in [0.25, 0.3) is 0 Å². The lowest BCUT2D eigenvalue weighted by molar-refractivity contribution is -0.130. The largest absolute Gasteiger partial charge is 0.444 e. The van der Waals surface area contributed by atoms with Crippen LogP contribution in [0.25, 0.3) is 0 Å². The van der Waals surface area contributed by atoms with Gasteiger partial charge in [-0.2, -0.15) is 13.2 Å². The number of likely N-dealkylation sites (tertiary alicyclic amines) is 1. The van der Waals surface area contributed by atoms with E-state index in [0.29, 0.717) is 25.9 Å². The lowest BCUT2D eigenvalue weighted by atomic mass is 9.92. The third-order valence-corrected chi connectivity index (χ3v) is 4.05. The zero-order valence-electron chi connectivity index (χ0n) is 12.0. The van der Waals surface area contributed by atoms with Crippen molar-refractivity contribution in [3.05, 3.63) is 0 Å². The molecule has 1 rings (SSSR count). The van der Waals surface area contributed by atoms with E-state index < -0.39 is 16.6 Å². The highest BCUT2D eigenvalue weighted by molar-refractivity contribution is 9.09. The Morgan fingerprint density at radius 1 is 1.30 bits per heavy atom. The molecule has 3 nitrogen and oxygen atoms in total. The van der Waals surface area contributed by atoms with Crippen LogP contribution in [0.15, 0.2) is 0 Å². The molecule has 1 atom stereocenters. The second kappa shape index (κ2) is 6.54. The van der Waals surface area contributed by atoms with Gasteiger partial charge in [0.1, 0.15) is 10.4 Å². The molecule has 0 aromatic carbocycles. The molecule has 1 heterocycles. The van der Waals surface area contributed by atoms with E-state index in [1.54, 1.807) is 25.7 Å². The number of alkyl halides is 4. The van der Waals surface area contributed by atoms with Crippen molar-refractivity contribution in [1.82, 2.24) is 4.90 Å². The van der Waals surface area contributed by atoms with Gasteiger partial charge in [-0.1, -0.05) is 15.9 Å². The van der Waals surface area contributed by atoms with Crippen LogP contribution in [-0.2, 0) is 4.74 Å². The molecular weight excluding hydrogens is 339 g/mol. The number of piperidine rings is 1. The van der Waals surface area contributed by atoms with Crippen molar-refractivity contribution in [2.24, 2.45) is 5.92 Å². The molecule has 0 aromatic heterocycles. The Morgan fingerprint density at radius 3 is 2.20 bits per heavy atom. The average Bonchev–Trinajstić information content (AvgIpc) is 2.26. The summed E-state index contributed by atoms with van der Waals surface area (Å²) < 4.78 is 42.6. The van der Waals surface area contributed by atoms with Gasteiger partial charge in [-0.15, -0.1) is 0 Å². The van der Waals surface area contributed by atoms with E-state index in [-0.39, 0.29) is 18.4 Å². The Kier molecular flexibility index (Phi) is 5.75. The van der Waals surface area contributed by atoms with Crippen molar-refractivity contribution in [2.75, 3.05) is 13.1 Å². The minimum Gasteiger partial charge on any atom is -0.444 e. The van der Waals surface area contributed by atoms with Crippen molar-refractivity contribution in [3.63, 3.8) is 0 Å². The summed E-state index contributed by atoms with van der Waals surface area (Å²) in [6.07, 6.45) is -3.37. The average molecular weight is 360 g/mol. The number of rotatable bonds is 2. The van der Waals surface area contributed by atoms with E-state index in [1.165, 1.54) is 0 Å². The maximum Gasteiger partial charge on any atom is 0.410 e. The molecule has 1 fully saturated rings. The number of nitrogens with zero attached hydrogens (tertiary/aromatic N) is 1. The second-order valence-electron chi connectivity index (χ2n) is 6.16. The number of carbonyl (C=O) groups excluding carboxylic acids is 1. The van der Waals surface area contributed by atoms with E-state index in [0.717, 1.165) is 0 Å². The summed E-state index contributed by atoms with van der Waals surface area (Å²) in [6, 6.07) is 0. The first-order chi connectivity index (χ1) is 8.99. The van der Waals surface area contributed by atoms with Gasteiger partial charge < -0.3 is 9.64 Å². The zero-order valence-corrected chi connectivity index (χ0v) is 13.6. The summed E-state index contributed by atoms with van der Waals surface area (Å²) >= 11 is 2.69. The predicted octanol–water partition coefficient (Wildman–Crippen LogP) is 4.35. The number of hydrogen-bond donors (Lipinski definition) is 0. The zero-order chi connectivity index (χ0) is 15.6. The summed E-state index contributed by atoms with van der Waals surface area (Å²) in [5.74, 6) is -0.0142. The molecule has 20 heavy (non-hydrogen) atoms. The maximum absolute atomic E-state index is 12.5. The molecule has 1 unspecified atom stereocenters. The molecule has 118 valence electrons. The van der Waals surface area contributed by atoms with E-state index >= 15 is 0 Å². The van der Waals surface area contributed by atoms with Crippen LogP contribution in [0.2, 0.25) is 0 Å². The van der Waals surface area contributed by atoms with E-state index in [1.807, 2.05) is 0 Å². The fourth-order valence-electron chi connectivity index (χ4n) is 2.10. The van der Waals surface area contributed by atoms with Gasteiger partial charge in [-0.05, 0) is 46.0 Å². The second-order valence-corrected chi connectivity index (χ2v) is 7.26. The van der Waals surface area contributed by atoms with Crippen LogP contribution >= 0.6 is 15.9 Å². The Bertz CT molecular complexity index is 333. The number of ether oxygens (including phenoxy) is 1. The summed E-state index contributed by atoms with van der Waals surface area (Å²) in [7, 11) is 0. The number of halogens is 4. The van der Waals surface area contributed by atoms with Crippen molar-refractivity contribution >= 4 is 22.0 Å². The Balaban J connectivity index is 2.39. The summed E-state index contributed by atoms with van der Waals surface area (Å²) in [5, 5.41) is 0. The number of hydrogen-bond acceptors (Lipinski definition) is 2. The molecule has 0 aromatic rings. The first-order valence-electron chi connectivity index (χ1n) is 6.68. The molecule has 0 radical (unpaired) electrons. The van der Waals surface area contributed by atoms with Gasteiger partial charge in [-0.3, -0.25) is 0 Å². The minimum absolute atomic E-state index is 0.0142. The van der Waals surface area contributed by atoms with Gasteiger partial charge in [0.2, 0.25) is 0 Å². The highest BCUT2D eigenvalue weighted by Gasteiger charge is 2.39. The molecular formula is C13H21BrF3NO2. The molecule has 1 amide bonds. The standard InChI is InChI=1S/C13H21BrF3NO2/c1-12(2,3)20-11(19)18-6-4-9(5-7-18)8-10(14)13(15,16)17/h9-10H,4-8H2,1-3H3. The highest BCUT2D eigenvalue weighted by atomic mass is 79.9. The van der Waals surface area contributed by atoms with Crippen molar-refractivity contribution in [1.29, 1.82) is 0 Å². The molecule has 0 saturated carbocycles. The van der Waals surface area contributed by atoms with E-state index in [2.05, 4.69) is 15.9 Å². The van der Waals surface area contributed by atoms with Gasteiger partial charge in [0.15, 0.2) is 0 Å². The molecule has 7 heteroatoms. The van der Waals surface area contributed by atoms with Crippen LogP contribution in [0, 0.1) is 5.92 Å². The van der Waals surface area contributed by atoms with E-state index in [9.17, 15) is 18.0 Å². The van der Waals surface area contributed by atoms with Gasteiger partial charge >= 0.3 is 12.3 Å². The Labute approximate surface area is 126 Å². The van der Waals surface area contributed by atoms with Gasteiger partial charge in [-0.25, -0.2) is 4.79 Å². The highest BCUT2D eigenvalue weighted by Crippen LogP contribution is 2.34. The van der Waals surface area contributed by atoms with Crippen molar-refractivity contribution in [2.45, 2.75) is 56.6 Å². The maximum atomic E-state index is 12.5. The van der Waals surface area contributed by atoms with Gasteiger partial charge in [0, 0.05) is 13.1 Å². The summed E-state index contributed by atoms with van der Waals surface area (Å²) in [5.41, 5.74) is -0.550. The molecule has 1 aliphatic rings. The fraction of sp³-hybridized carbons (Fsp3) is 0.923. The Morgan fingerprint density at radius 2 is 1.80 bits per heavy atom. The Hall–Kier alpha value is -0.460. The number of amides is 1. The van der Waals surface area contributed by atoms with Crippen LogP contribution in [0.4, 0.5) is 18.0 Å². The third kappa shape index (κ3) is 5.89. The lowest BCUT2D eigenvalue weighted by Gasteiger charge is -2.34. The van der Waals surface area contributed by atoms with E-state index in [4.69, 9.17) is 4.74 Å². The normalized spacial score (nSPS) is 19.9. The molecule has 0 N–H and O–H groups in total. The van der Waals surface area contributed by atoms with Gasteiger partial charge in [0.05, 0.1) is 0 Å². The first kappa shape index (κ1) is 17.6. The van der Waals surface area contributed by atoms with Crippen LogP contribution in [0.3, 0.4) is 0 Å². The molecule has 0 spiro atoms. The SMILES string of the molecule is CC(C)(C)OC(=O)N1CCC(CC(Br)C(F)(F)F)CC1. The quantitative estimate of drug-likeness (QED) is 0.686. The minimum atomic E-state index is -4.21. The van der Waals surface area contributed by atoms with Crippen LogP contribution in [0.5, 0.6) is 0 Å². The molecule has 1 saturated heterocycles. The third-order valence-electron chi connectivity index (χ3n) is 3.16. The van der Waals surface area contributed by atoms with Crippen molar-refractivity contribution < 1.29 is 22.7 Å². The first-order valence-corrected chi connectivity index (χ1v) is 7.59. The lowest BCUT2D eigenvalue weighted by Crippen LogP contribution is -2.42. The monoisotopic (exact) mass is 359 g/mol. The summed E-state index contributed by atoms with van der Waals surface area (Å²) in [6.45, 7) is 6.28. The summed E-state index contributed by atoms with van der Waals surface area (Å²) in [4.78, 5) is 11.9. The molecule has 0 aliphatic carbocycles. The molecule has 0 bridgehead atoms. The smallest absolute Gasteiger partial charge is 0.410 e. The van der Waals surface area contributed by atoms with Crippen LogP contribution < -0.4 is 0 Å². The van der Waals surface area contributed by atoms with Crippen molar-refractivity contribution in [3.8, 4) is 0 Å².